The molecule has 10 heteroatoms. The Labute approximate surface area is 228 Å². The highest BCUT2D eigenvalue weighted by molar-refractivity contribution is 8.00. The fraction of sp³-hybridized carbons (Fsp3) is 0.143. The van der Waals surface area contributed by atoms with Crippen LogP contribution in [0.3, 0.4) is 0 Å². The predicted molar refractivity (Wildman–Crippen MR) is 150 cm³/mol. The molecular formula is C28H25N3O5S2. The number of hydrogen-bond donors (Lipinski definition) is 3. The number of amides is 2. The Morgan fingerprint density at radius 2 is 1.76 bits per heavy atom. The first kappa shape index (κ1) is 26.9. The number of ether oxygens (including phenoxy) is 1. The molecule has 0 saturated carbocycles. The second kappa shape index (κ2) is 12.9. The van der Waals surface area contributed by atoms with Crippen molar-refractivity contribution in [2.75, 3.05) is 17.7 Å². The molecule has 38 heavy (non-hydrogen) atoms. The maximum Gasteiger partial charge on any atom is 0.303 e. The third-order valence-electron chi connectivity index (χ3n) is 5.38. The van der Waals surface area contributed by atoms with Crippen LogP contribution in [0.2, 0.25) is 0 Å². The summed E-state index contributed by atoms with van der Waals surface area (Å²) in [6.07, 6.45) is -0.361. The normalized spacial score (nSPS) is 11.4. The molecule has 0 radical (unpaired) electrons. The summed E-state index contributed by atoms with van der Waals surface area (Å²) < 4.78 is 5.29. The Balaban J connectivity index is 1.50. The molecule has 1 atom stereocenters. The SMILES string of the molecule is COc1cccc(-c2csc(NC(=O)C(Sc3cccc(NC(=O)CCC(=O)O)c3)c3ccccc3)n2)c1. The van der Waals surface area contributed by atoms with E-state index in [2.05, 4.69) is 15.6 Å². The number of aliphatic carboxylic acids is 1. The Morgan fingerprint density at radius 1 is 0.974 bits per heavy atom. The van der Waals surface area contributed by atoms with Crippen molar-refractivity contribution in [2.24, 2.45) is 0 Å². The van der Waals surface area contributed by atoms with Crippen molar-refractivity contribution in [1.82, 2.24) is 4.98 Å². The minimum atomic E-state index is -1.03. The van der Waals surface area contributed by atoms with Gasteiger partial charge >= 0.3 is 5.97 Å². The van der Waals surface area contributed by atoms with Crippen molar-refractivity contribution >= 4 is 51.7 Å². The largest absolute Gasteiger partial charge is 0.497 e. The minimum Gasteiger partial charge on any atom is -0.497 e. The van der Waals surface area contributed by atoms with Gasteiger partial charge in [-0.25, -0.2) is 4.98 Å². The predicted octanol–water partition coefficient (Wildman–Crippen LogP) is 6.09. The van der Waals surface area contributed by atoms with E-state index in [4.69, 9.17) is 9.84 Å². The number of carboxylic acids is 1. The molecule has 3 N–H and O–H groups in total. The van der Waals surface area contributed by atoms with Crippen LogP contribution in [0, 0.1) is 0 Å². The summed E-state index contributed by atoms with van der Waals surface area (Å²) >= 11 is 2.68. The minimum absolute atomic E-state index is 0.118. The Hall–Kier alpha value is -4.15. The highest BCUT2D eigenvalue weighted by Gasteiger charge is 2.23. The zero-order chi connectivity index (χ0) is 26.9. The van der Waals surface area contributed by atoms with Crippen molar-refractivity contribution < 1.29 is 24.2 Å². The quantitative estimate of drug-likeness (QED) is 0.194. The van der Waals surface area contributed by atoms with Gasteiger partial charge in [0.15, 0.2) is 5.13 Å². The summed E-state index contributed by atoms with van der Waals surface area (Å²) in [5, 5.41) is 16.2. The average Bonchev–Trinajstić information content (AvgIpc) is 3.39. The lowest BCUT2D eigenvalue weighted by molar-refractivity contribution is -0.138. The van der Waals surface area contributed by atoms with E-state index in [9.17, 15) is 14.4 Å². The standard InChI is InChI=1S/C28H25N3O5S2/c1-36-21-11-5-9-19(15-21)23-17-37-28(30-23)31-27(35)26(18-7-3-2-4-8-18)38-22-12-6-10-20(16-22)29-24(32)13-14-25(33)34/h2-12,15-17,26H,13-14H2,1H3,(H,29,32)(H,33,34)(H,30,31,35). The molecule has 0 fully saturated rings. The average molecular weight is 548 g/mol. The van der Waals surface area contributed by atoms with Crippen LogP contribution in [0.15, 0.2) is 89.1 Å². The number of rotatable bonds is 11. The highest BCUT2D eigenvalue weighted by Crippen LogP contribution is 2.38. The molecule has 1 unspecified atom stereocenters. The number of thiazole rings is 1. The third kappa shape index (κ3) is 7.44. The first-order valence-corrected chi connectivity index (χ1v) is 13.4. The van der Waals surface area contributed by atoms with Crippen molar-refractivity contribution in [3.8, 4) is 17.0 Å². The van der Waals surface area contributed by atoms with Gasteiger partial charge in [-0.2, -0.15) is 0 Å². The molecule has 0 saturated heterocycles. The van der Waals surface area contributed by atoms with Gasteiger partial charge in [-0.1, -0.05) is 48.5 Å². The maximum absolute atomic E-state index is 13.5. The van der Waals surface area contributed by atoms with Gasteiger partial charge in [0.05, 0.1) is 19.2 Å². The first-order chi connectivity index (χ1) is 18.4. The van der Waals surface area contributed by atoms with E-state index < -0.39 is 11.2 Å². The second-order valence-electron chi connectivity index (χ2n) is 8.14. The van der Waals surface area contributed by atoms with Crippen LogP contribution in [-0.4, -0.2) is 35.0 Å². The van der Waals surface area contributed by atoms with Crippen LogP contribution in [0.5, 0.6) is 5.75 Å². The molecule has 0 bridgehead atoms. The van der Waals surface area contributed by atoms with Gasteiger partial charge in [-0.05, 0) is 35.9 Å². The van der Waals surface area contributed by atoms with Gasteiger partial charge in [0, 0.05) is 27.9 Å². The summed E-state index contributed by atoms with van der Waals surface area (Å²) in [5.74, 6) is -0.926. The lowest BCUT2D eigenvalue weighted by Gasteiger charge is -2.17. The van der Waals surface area contributed by atoms with Gasteiger partial charge in [0.2, 0.25) is 11.8 Å². The van der Waals surface area contributed by atoms with Gasteiger partial charge < -0.3 is 20.5 Å². The monoisotopic (exact) mass is 547 g/mol. The Morgan fingerprint density at radius 3 is 2.53 bits per heavy atom. The third-order valence-corrected chi connectivity index (χ3v) is 7.38. The molecule has 0 aliphatic rings. The fourth-order valence-corrected chi connectivity index (χ4v) is 5.35. The maximum atomic E-state index is 13.5. The van der Waals surface area contributed by atoms with Crippen LogP contribution in [0.4, 0.5) is 10.8 Å². The second-order valence-corrected chi connectivity index (χ2v) is 10.2. The molecule has 0 aliphatic carbocycles. The van der Waals surface area contributed by atoms with Crippen molar-refractivity contribution in [3.05, 3.63) is 89.8 Å². The van der Waals surface area contributed by atoms with Gasteiger partial charge in [0.25, 0.3) is 0 Å². The zero-order valence-corrected chi connectivity index (χ0v) is 22.1. The van der Waals surface area contributed by atoms with Crippen LogP contribution in [0.25, 0.3) is 11.3 Å². The van der Waals surface area contributed by atoms with E-state index >= 15 is 0 Å². The van der Waals surface area contributed by atoms with Crippen LogP contribution < -0.4 is 15.4 Å². The molecule has 2 amide bonds. The van der Waals surface area contributed by atoms with E-state index in [0.717, 1.165) is 27.5 Å². The number of carbonyl (C=O) groups excluding carboxylic acids is 2. The van der Waals surface area contributed by atoms with Crippen molar-refractivity contribution in [2.45, 2.75) is 23.0 Å². The van der Waals surface area contributed by atoms with E-state index in [1.165, 1.54) is 23.1 Å². The van der Waals surface area contributed by atoms with E-state index in [1.807, 2.05) is 66.0 Å². The van der Waals surface area contributed by atoms with Crippen LogP contribution >= 0.6 is 23.1 Å². The number of thioether (sulfide) groups is 1. The number of aromatic nitrogens is 1. The highest BCUT2D eigenvalue weighted by atomic mass is 32.2. The Kier molecular flexibility index (Phi) is 9.12. The van der Waals surface area contributed by atoms with E-state index in [1.54, 1.807) is 25.3 Å². The number of nitrogens with zero attached hydrogens (tertiary/aromatic N) is 1. The van der Waals surface area contributed by atoms with Crippen LogP contribution in [-0.2, 0) is 14.4 Å². The topological polar surface area (TPSA) is 118 Å². The number of hydrogen-bond acceptors (Lipinski definition) is 7. The smallest absolute Gasteiger partial charge is 0.303 e. The molecule has 1 aromatic heterocycles. The number of carbonyl (C=O) groups is 3. The summed E-state index contributed by atoms with van der Waals surface area (Å²) in [4.78, 5) is 41.6. The summed E-state index contributed by atoms with van der Waals surface area (Å²) in [7, 11) is 1.61. The molecular weight excluding hydrogens is 522 g/mol. The van der Waals surface area contributed by atoms with Crippen molar-refractivity contribution in [3.63, 3.8) is 0 Å². The number of methoxy groups -OCH3 is 1. The molecule has 3 aromatic carbocycles. The number of anilines is 2. The number of benzene rings is 3. The van der Waals surface area contributed by atoms with Crippen LogP contribution in [0.1, 0.15) is 23.7 Å². The zero-order valence-electron chi connectivity index (χ0n) is 20.4. The van der Waals surface area contributed by atoms with Gasteiger partial charge in [-0.3, -0.25) is 14.4 Å². The summed E-state index contributed by atoms with van der Waals surface area (Å²) in [6.45, 7) is 0. The summed E-state index contributed by atoms with van der Waals surface area (Å²) in [6, 6.07) is 24.1. The van der Waals surface area contributed by atoms with Gasteiger partial charge in [0.1, 0.15) is 11.0 Å². The molecule has 4 aromatic rings. The molecule has 0 spiro atoms. The Bertz CT molecular complexity index is 1420. The molecule has 194 valence electrons. The molecule has 1 heterocycles. The number of carboxylic acid groups (broad SMARTS) is 1. The molecule has 0 aliphatic heterocycles. The number of nitrogens with one attached hydrogen (secondary N) is 2. The lowest BCUT2D eigenvalue weighted by Crippen LogP contribution is -2.19. The van der Waals surface area contributed by atoms with Gasteiger partial charge in [-0.15, -0.1) is 23.1 Å². The summed E-state index contributed by atoms with van der Waals surface area (Å²) in [5.41, 5.74) is 2.97. The van der Waals surface area contributed by atoms with Crippen molar-refractivity contribution in [1.29, 1.82) is 0 Å². The van der Waals surface area contributed by atoms with E-state index in [0.29, 0.717) is 10.8 Å². The molecule has 4 rings (SSSR count). The lowest BCUT2D eigenvalue weighted by atomic mass is 10.1. The van der Waals surface area contributed by atoms with E-state index in [-0.39, 0.29) is 24.7 Å². The molecule has 8 nitrogen and oxygen atoms in total. The fourth-order valence-electron chi connectivity index (χ4n) is 3.55. The first-order valence-electron chi connectivity index (χ1n) is 11.7.